The quantitative estimate of drug-likeness (QED) is 0.171. The van der Waals surface area contributed by atoms with E-state index >= 15 is 0 Å². The highest BCUT2D eigenvalue weighted by molar-refractivity contribution is 7.25. The zero-order valence-corrected chi connectivity index (χ0v) is 42.5. The fourth-order valence-corrected chi connectivity index (χ4v) is 16.2. The third-order valence-electron chi connectivity index (χ3n) is 18.0. The minimum Gasteiger partial charge on any atom is -0.310 e. The summed E-state index contributed by atoms with van der Waals surface area (Å²) in [6.45, 7) is 0. The lowest BCUT2D eigenvalue weighted by Crippen LogP contribution is -2.33. The van der Waals surface area contributed by atoms with Crippen molar-refractivity contribution >= 4 is 70.4 Å². The predicted octanol–water partition coefficient (Wildman–Crippen LogP) is 19.3. The van der Waals surface area contributed by atoms with Crippen LogP contribution in [-0.4, -0.2) is 4.57 Å². The minimum absolute atomic E-state index is 0.484. The van der Waals surface area contributed by atoms with Crippen LogP contribution in [0, 0.1) is 0 Å². The zero-order chi connectivity index (χ0) is 50.1. The molecule has 356 valence electrons. The van der Waals surface area contributed by atoms with Gasteiger partial charge in [0.1, 0.15) is 0 Å². The van der Waals surface area contributed by atoms with Crippen LogP contribution in [0.25, 0.3) is 92.2 Å². The second-order valence-electron chi connectivity index (χ2n) is 21.4. The third-order valence-corrected chi connectivity index (χ3v) is 19.2. The molecular formula is C74H44N2S. The van der Waals surface area contributed by atoms with Crippen LogP contribution < -0.4 is 4.90 Å². The van der Waals surface area contributed by atoms with Gasteiger partial charge in [-0.3, -0.25) is 0 Å². The number of hydrogen-bond acceptors (Lipinski definition) is 2. The molecule has 2 aromatic heterocycles. The average molecular weight is 993 g/mol. The number of thiophene rings is 1. The van der Waals surface area contributed by atoms with Crippen molar-refractivity contribution in [3.8, 4) is 50.2 Å². The highest BCUT2D eigenvalue weighted by atomic mass is 32.1. The summed E-state index contributed by atoms with van der Waals surface area (Å²) in [5.74, 6) is 0. The van der Waals surface area contributed by atoms with E-state index in [0.29, 0.717) is 0 Å². The van der Waals surface area contributed by atoms with Crippen molar-refractivity contribution in [2.45, 2.75) is 10.8 Å². The lowest BCUT2D eigenvalue weighted by molar-refractivity contribution is 0.748. The van der Waals surface area contributed by atoms with Gasteiger partial charge >= 0.3 is 0 Å². The summed E-state index contributed by atoms with van der Waals surface area (Å²) in [6.07, 6.45) is 0. The smallest absolute Gasteiger partial charge is 0.0755 e. The van der Waals surface area contributed by atoms with Gasteiger partial charge in [0, 0.05) is 48.0 Å². The number of aromatic nitrogens is 1. The SMILES string of the molecule is c1ccc2c(c1)-c1ccccc1C21c2ccccc2-c2ccc(N(c3ccc(-c4ccc5sc6ccccc6c5c4)cc3)c3ccc4c(c3)C3(c5ccccc5-4)c4ccccc4-n4c5ccccc5c5cccc3c54)cc21. The maximum atomic E-state index is 2.55. The summed E-state index contributed by atoms with van der Waals surface area (Å²) < 4.78 is 5.18. The Kier molecular flexibility index (Phi) is 8.18. The molecule has 2 nitrogen and oxygen atoms in total. The van der Waals surface area contributed by atoms with E-state index in [1.807, 2.05) is 11.3 Å². The molecule has 2 spiro atoms. The van der Waals surface area contributed by atoms with E-state index in [1.54, 1.807) is 0 Å². The Morgan fingerprint density at radius 3 is 1.38 bits per heavy atom. The fraction of sp³-hybridized carbons (Fsp3) is 0.0270. The number of hydrogen-bond donors (Lipinski definition) is 0. The van der Waals surface area contributed by atoms with Crippen LogP contribution in [0.1, 0.15) is 44.5 Å². The monoisotopic (exact) mass is 992 g/mol. The molecule has 14 aromatic rings. The molecule has 0 saturated carbocycles. The van der Waals surface area contributed by atoms with Gasteiger partial charge in [-0.05, 0) is 156 Å². The van der Waals surface area contributed by atoms with Crippen LogP contribution in [0.3, 0.4) is 0 Å². The molecule has 12 aromatic carbocycles. The Morgan fingerprint density at radius 1 is 0.286 bits per heavy atom. The van der Waals surface area contributed by atoms with Crippen LogP contribution >= 0.6 is 11.3 Å². The molecular weight excluding hydrogens is 949 g/mol. The molecule has 0 radical (unpaired) electrons. The number of para-hydroxylation sites is 3. The van der Waals surface area contributed by atoms with Crippen molar-refractivity contribution in [1.82, 2.24) is 4.57 Å². The first-order valence-corrected chi connectivity index (χ1v) is 27.6. The van der Waals surface area contributed by atoms with Crippen LogP contribution in [-0.2, 0) is 10.8 Å². The Labute approximate surface area is 449 Å². The lowest BCUT2D eigenvalue weighted by Gasteiger charge is -2.40. The molecule has 1 unspecified atom stereocenters. The van der Waals surface area contributed by atoms with Gasteiger partial charge in [-0.2, -0.15) is 0 Å². The molecule has 77 heavy (non-hydrogen) atoms. The first kappa shape index (κ1) is 41.8. The third kappa shape index (κ3) is 5.20. The molecule has 0 N–H and O–H groups in total. The maximum Gasteiger partial charge on any atom is 0.0755 e. The molecule has 3 aliphatic carbocycles. The summed E-state index contributed by atoms with van der Waals surface area (Å²) in [5.41, 5.74) is 26.7. The van der Waals surface area contributed by atoms with Gasteiger partial charge < -0.3 is 9.47 Å². The van der Waals surface area contributed by atoms with Gasteiger partial charge in [0.2, 0.25) is 0 Å². The number of benzene rings is 12. The molecule has 1 atom stereocenters. The van der Waals surface area contributed by atoms with E-state index in [-0.39, 0.29) is 0 Å². The minimum atomic E-state index is -0.594. The molecule has 0 fully saturated rings. The van der Waals surface area contributed by atoms with Crippen molar-refractivity contribution in [2.24, 2.45) is 0 Å². The van der Waals surface area contributed by atoms with Crippen molar-refractivity contribution in [2.75, 3.05) is 4.90 Å². The van der Waals surface area contributed by atoms with E-state index in [9.17, 15) is 0 Å². The van der Waals surface area contributed by atoms with Crippen molar-refractivity contribution < 1.29 is 0 Å². The number of rotatable bonds is 4. The van der Waals surface area contributed by atoms with Crippen LogP contribution in [0.2, 0.25) is 0 Å². The summed E-state index contributed by atoms with van der Waals surface area (Å²) in [4.78, 5) is 2.53. The van der Waals surface area contributed by atoms with Crippen molar-refractivity contribution in [1.29, 1.82) is 0 Å². The summed E-state index contributed by atoms with van der Waals surface area (Å²) in [7, 11) is 0. The van der Waals surface area contributed by atoms with Crippen LogP contribution in [0.15, 0.2) is 267 Å². The van der Waals surface area contributed by atoms with Crippen molar-refractivity contribution in [3.63, 3.8) is 0 Å². The summed E-state index contributed by atoms with van der Waals surface area (Å²) in [5, 5.41) is 5.19. The Balaban J connectivity index is 0.895. The Morgan fingerprint density at radius 2 is 0.740 bits per heavy atom. The maximum absolute atomic E-state index is 2.55. The Bertz CT molecular complexity index is 4830. The molecule has 3 heteroatoms. The normalized spacial score (nSPS) is 15.4. The molecule has 0 amide bonds. The molecule has 0 saturated heterocycles. The standard InChI is InChI=1S/C74H44N2S/c1-7-23-60-50(16-1)51-17-2-8-24-61(51)73(60)62-25-9-3-18-52(62)54-39-37-48(43-66(54)73)75(47-35-32-45(33-36-47)46-34-41-71-59(42-46)57-21-6-14-31-70(57)77-71)49-38-40-55-53-19-4-10-26-63(53)74(67(55)44-49)64-27-11-13-30-69(64)76-68-29-12-5-20-56(68)58-22-15-28-65(74)72(58)76/h1-44H. The molecule has 0 bridgehead atoms. The molecule has 18 rings (SSSR count). The average Bonchev–Trinajstić information content (AvgIpc) is 4.43. The second kappa shape index (κ2) is 15.1. The highest BCUT2D eigenvalue weighted by Crippen LogP contribution is 2.65. The van der Waals surface area contributed by atoms with E-state index in [4.69, 9.17) is 0 Å². The zero-order valence-electron chi connectivity index (χ0n) is 41.7. The summed E-state index contributed by atoms with van der Waals surface area (Å²) >= 11 is 1.87. The van der Waals surface area contributed by atoms with E-state index in [1.165, 1.54) is 137 Å². The first-order chi connectivity index (χ1) is 38.2. The van der Waals surface area contributed by atoms with Gasteiger partial charge in [0.15, 0.2) is 0 Å². The van der Waals surface area contributed by atoms with E-state index < -0.39 is 10.8 Å². The number of fused-ring (bicyclic) bond motifs is 25. The van der Waals surface area contributed by atoms with Crippen LogP contribution in [0.4, 0.5) is 17.1 Å². The number of nitrogens with zero attached hydrogens (tertiary/aromatic N) is 2. The van der Waals surface area contributed by atoms with Gasteiger partial charge in [0.25, 0.3) is 0 Å². The van der Waals surface area contributed by atoms with Gasteiger partial charge in [0.05, 0.1) is 27.6 Å². The van der Waals surface area contributed by atoms with E-state index in [0.717, 1.165) is 17.1 Å². The predicted molar refractivity (Wildman–Crippen MR) is 321 cm³/mol. The Hall–Kier alpha value is -9.54. The first-order valence-electron chi connectivity index (χ1n) is 26.8. The topological polar surface area (TPSA) is 8.17 Å². The second-order valence-corrected chi connectivity index (χ2v) is 22.5. The number of anilines is 3. The van der Waals surface area contributed by atoms with Crippen molar-refractivity contribution in [3.05, 3.63) is 311 Å². The fourth-order valence-electron chi connectivity index (χ4n) is 15.1. The van der Waals surface area contributed by atoms with Crippen LogP contribution in [0.5, 0.6) is 0 Å². The largest absolute Gasteiger partial charge is 0.310 e. The molecule has 4 aliphatic rings. The van der Waals surface area contributed by atoms with Gasteiger partial charge in [-0.1, -0.05) is 200 Å². The summed E-state index contributed by atoms with van der Waals surface area (Å²) in [6, 6.07) is 101. The highest BCUT2D eigenvalue weighted by Gasteiger charge is 2.53. The van der Waals surface area contributed by atoms with Gasteiger partial charge in [-0.15, -0.1) is 11.3 Å². The molecule has 1 aliphatic heterocycles. The van der Waals surface area contributed by atoms with Gasteiger partial charge in [-0.25, -0.2) is 0 Å². The molecule has 3 heterocycles. The lowest BCUT2D eigenvalue weighted by atomic mass is 9.65. The van der Waals surface area contributed by atoms with E-state index in [2.05, 4.69) is 276 Å².